The van der Waals surface area contributed by atoms with Gasteiger partial charge in [-0.2, -0.15) is 0 Å². The van der Waals surface area contributed by atoms with Crippen molar-refractivity contribution in [2.45, 2.75) is 34.1 Å². The number of aryl methyl sites for hydroxylation is 3. The van der Waals surface area contributed by atoms with Crippen molar-refractivity contribution < 1.29 is 4.79 Å². The van der Waals surface area contributed by atoms with Gasteiger partial charge in [-0.15, -0.1) is 0 Å². The lowest BCUT2D eigenvalue weighted by atomic mass is 10.0. The van der Waals surface area contributed by atoms with E-state index in [0.717, 1.165) is 33.2 Å². The molecule has 0 saturated heterocycles. The summed E-state index contributed by atoms with van der Waals surface area (Å²) >= 11 is 0. The Hall–Kier alpha value is -2.88. The first-order chi connectivity index (χ1) is 11.9. The smallest absolute Gasteiger partial charge is 0.255 e. The van der Waals surface area contributed by atoms with Gasteiger partial charge in [0.1, 0.15) is 0 Å². The first-order valence-electron chi connectivity index (χ1n) is 8.44. The number of carbonyl (C=O) groups is 1. The highest BCUT2D eigenvalue weighted by atomic mass is 16.1. The number of rotatable bonds is 3. The van der Waals surface area contributed by atoms with Crippen molar-refractivity contribution in [2.75, 3.05) is 5.32 Å². The molecule has 3 aromatic rings. The van der Waals surface area contributed by atoms with Crippen LogP contribution in [0, 0.1) is 20.8 Å². The standard InChI is InChI=1S/C21H22N2O2/c1-5-17-14(4)18-7-6-16(11-19(18)23-21(17)25)22-20(24)15-9-12(2)8-13(3)10-15/h6-11H,5H2,1-4H3,(H,22,24)(H,23,25). The predicted octanol–water partition coefficient (Wildman–Crippen LogP) is 4.27. The number of hydrogen-bond acceptors (Lipinski definition) is 2. The van der Waals surface area contributed by atoms with Crippen molar-refractivity contribution in [2.24, 2.45) is 0 Å². The molecule has 0 spiro atoms. The molecule has 2 N–H and O–H groups in total. The van der Waals surface area contributed by atoms with Gasteiger partial charge in [0.25, 0.3) is 11.5 Å². The first kappa shape index (κ1) is 17.0. The van der Waals surface area contributed by atoms with Gasteiger partial charge in [0, 0.05) is 22.2 Å². The number of anilines is 1. The number of carbonyl (C=O) groups excluding carboxylic acids is 1. The Morgan fingerprint density at radius 2 is 1.72 bits per heavy atom. The summed E-state index contributed by atoms with van der Waals surface area (Å²) in [5, 5.41) is 3.91. The molecule has 0 unspecified atom stereocenters. The molecule has 2 aromatic carbocycles. The Morgan fingerprint density at radius 3 is 2.36 bits per heavy atom. The number of hydrogen-bond donors (Lipinski definition) is 2. The minimum absolute atomic E-state index is 0.0646. The molecule has 0 aliphatic rings. The highest BCUT2D eigenvalue weighted by molar-refractivity contribution is 6.05. The summed E-state index contributed by atoms with van der Waals surface area (Å²) in [6, 6.07) is 11.4. The third kappa shape index (κ3) is 3.33. The normalized spacial score (nSPS) is 10.9. The van der Waals surface area contributed by atoms with E-state index in [1.807, 2.05) is 64.1 Å². The molecule has 4 nitrogen and oxygen atoms in total. The van der Waals surface area contributed by atoms with Crippen LogP contribution in [0.5, 0.6) is 0 Å². The molecule has 3 rings (SSSR count). The summed E-state index contributed by atoms with van der Waals surface area (Å²) < 4.78 is 0. The Balaban J connectivity index is 1.97. The molecule has 0 radical (unpaired) electrons. The Morgan fingerprint density at radius 1 is 1.04 bits per heavy atom. The van der Waals surface area contributed by atoms with E-state index in [0.29, 0.717) is 17.7 Å². The number of amides is 1. The van der Waals surface area contributed by atoms with Gasteiger partial charge in [0.2, 0.25) is 0 Å². The van der Waals surface area contributed by atoms with Crippen molar-refractivity contribution in [3.63, 3.8) is 0 Å². The summed E-state index contributed by atoms with van der Waals surface area (Å²) in [5.74, 6) is -0.157. The number of H-pyrrole nitrogens is 1. The number of aromatic amines is 1. The molecule has 1 heterocycles. The highest BCUT2D eigenvalue weighted by Gasteiger charge is 2.10. The molecule has 0 aliphatic carbocycles. The van der Waals surface area contributed by atoms with Crippen LogP contribution in [0.3, 0.4) is 0 Å². The average Bonchev–Trinajstić information content (AvgIpc) is 2.54. The van der Waals surface area contributed by atoms with E-state index in [1.165, 1.54) is 0 Å². The maximum atomic E-state index is 12.5. The maximum Gasteiger partial charge on any atom is 0.255 e. The van der Waals surface area contributed by atoms with Gasteiger partial charge in [0.15, 0.2) is 0 Å². The minimum atomic E-state index is -0.157. The van der Waals surface area contributed by atoms with Crippen LogP contribution in [0.15, 0.2) is 41.2 Å². The molecule has 0 saturated carbocycles. The van der Waals surface area contributed by atoms with Gasteiger partial charge in [-0.1, -0.05) is 30.2 Å². The van der Waals surface area contributed by atoms with Gasteiger partial charge >= 0.3 is 0 Å². The van der Waals surface area contributed by atoms with Crippen molar-refractivity contribution in [1.82, 2.24) is 4.98 Å². The number of fused-ring (bicyclic) bond motifs is 1. The van der Waals surface area contributed by atoms with Crippen LogP contribution >= 0.6 is 0 Å². The topological polar surface area (TPSA) is 62.0 Å². The minimum Gasteiger partial charge on any atom is -0.322 e. The molecule has 0 fully saturated rings. The van der Waals surface area contributed by atoms with E-state index in [9.17, 15) is 9.59 Å². The van der Waals surface area contributed by atoms with Crippen LogP contribution in [-0.4, -0.2) is 10.9 Å². The third-order valence-corrected chi connectivity index (χ3v) is 4.49. The summed E-state index contributed by atoms with van der Waals surface area (Å²) in [4.78, 5) is 27.6. The van der Waals surface area contributed by atoms with Crippen LogP contribution < -0.4 is 10.9 Å². The molecule has 1 amide bonds. The van der Waals surface area contributed by atoms with Gasteiger partial charge in [-0.05, 0) is 57.0 Å². The fourth-order valence-electron chi connectivity index (χ4n) is 3.32. The summed E-state index contributed by atoms with van der Waals surface area (Å²) in [6.07, 6.45) is 0.697. The van der Waals surface area contributed by atoms with E-state index in [1.54, 1.807) is 0 Å². The van der Waals surface area contributed by atoms with Gasteiger partial charge in [0.05, 0.1) is 5.52 Å². The van der Waals surface area contributed by atoms with Crippen molar-refractivity contribution in [3.8, 4) is 0 Å². The molecule has 0 aliphatic heterocycles. The van der Waals surface area contributed by atoms with Crippen LogP contribution in [0.4, 0.5) is 5.69 Å². The Bertz CT molecular complexity index is 1010. The van der Waals surface area contributed by atoms with E-state index in [-0.39, 0.29) is 11.5 Å². The summed E-state index contributed by atoms with van der Waals surface area (Å²) in [7, 11) is 0. The van der Waals surface area contributed by atoms with Crippen molar-refractivity contribution >= 4 is 22.5 Å². The molecule has 4 heteroatoms. The summed E-state index contributed by atoms with van der Waals surface area (Å²) in [5.41, 5.74) is 5.86. The quantitative estimate of drug-likeness (QED) is 0.751. The first-order valence-corrected chi connectivity index (χ1v) is 8.44. The zero-order valence-corrected chi connectivity index (χ0v) is 15.0. The van der Waals surface area contributed by atoms with E-state index in [2.05, 4.69) is 10.3 Å². The summed E-state index contributed by atoms with van der Waals surface area (Å²) in [6.45, 7) is 7.88. The highest BCUT2D eigenvalue weighted by Crippen LogP contribution is 2.22. The van der Waals surface area contributed by atoms with Crippen LogP contribution in [0.25, 0.3) is 10.9 Å². The fraction of sp³-hybridized carbons (Fsp3) is 0.238. The van der Waals surface area contributed by atoms with Gasteiger partial charge in [-0.3, -0.25) is 9.59 Å². The Labute approximate surface area is 146 Å². The van der Waals surface area contributed by atoms with Crippen LogP contribution in [0.2, 0.25) is 0 Å². The monoisotopic (exact) mass is 334 g/mol. The molecule has 1 aromatic heterocycles. The number of pyridine rings is 1. The lowest BCUT2D eigenvalue weighted by Gasteiger charge is -2.11. The van der Waals surface area contributed by atoms with Crippen molar-refractivity contribution in [3.05, 3.63) is 74.6 Å². The molecule has 0 atom stereocenters. The van der Waals surface area contributed by atoms with Crippen LogP contribution in [0.1, 0.15) is 39.5 Å². The SMILES string of the molecule is CCc1c(C)c2ccc(NC(=O)c3cc(C)cc(C)c3)cc2[nH]c1=O. The van der Waals surface area contributed by atoms with E-state index in [4.69, 9.17) is 0 Å². The average molecular weight is 334 g/mol. The Kier molecular flexibility index (Phi) is 4.45. The van der Waals surface area contributed by atoms with Gasteiger partial charge in [-0.25, -0.2) is 0 Å². The van der Waals surface area contributed by atoms with Crippen LogP contribution in [-0.2, 0) is 6.42 Å². The maximum absolute atomic E-state index is 12.5. The largest absolute Gasteiger partial charge is 0.322 e. The zero-order chi connectivity index (χ0) is 18.1. The van der Waals surface area contributed by atoms with E-state index >= 15 is 0 Å². The van der Waals surface area contributed by atoms with Gasteiger partial charge < -0.3 is 10.3 Å². The second kappa shape index (κ2) is 6.55. The number of nitrogens with one attached hydrogen (secondary N) is 2. The molecular weight excluding hydrogens is 312 g/mol. The third-order valence-electron chi connectivity index (χ3n) is 4.49. The number of benzene rings is 2. The molecule has 128 valence electrons. The molecule has 0 bridgehead atoms. The second-order valence-corrected chi connectivity index (χ2v) is 6.50. The molecular formula is C21H22N2O2. The number of aromatic nitrogens is 1. The zero-order valence-electron chi connectivity index (χ0n) is 15.0. The second-order valence-electron chi connectivity index (χ2n) is 6.50. The fourth-order valence-corrected chi connectivity index (χ4v) is 3.32. The molecule has 25 heavy (non-hydrogen) atoms. The van der Waals surface area contributed by atoms with Crippen molar-refractivity contribution in [1.29, 1.82) is 0 Å². The predicted molar refractivity (Wildman–Crippen MR) is 103 cm³/mol. The lowest BCUT2D eigenvalue weighted by Crippen LogP contribution is -2.15. The van der Waals surface area contributed by atoms with E-state index < -0.39 is 0 Å². The lowest BCUT2D eigenvalue weighted by molar-refractivity contribution is 0.102.